The summed E-state index contributed by atoms with van der Waals surface area (Å²) in [4.78, 5) is 82.0. The van der Waals surface area contributed by atoms with Gasteiger partial charge in [-0.2, -0.15) is 0 Å². The van der Waals surface area contributed by atoms with E-state index in [-0.39, 0.29) is 49.3 Å². The van der Waals surface area contributed by atoms with Gasteiger partial charge in [-0.1, -0.05) is 125 Å². The van der Waals surface area contributed by atoms with Crippen molar-refractivity contribution in [2.75, 3.05) is 50.6 Å². The van der Waals surface area contributed by atoms with E-state index in [0.29, 0.717) is 55.3 Å². The molecule has 1 fully saturated rings. The number of hydrogen-bond donors (Lipinski definition) is 2. The van der Waals surface area contributed by atoms with Gasteiger partial charge in [0.2, 0.25) is 11.8 Å². The van der Waals surface area contributed by atoms with Crippen LogP contribution in [0.5, 0.6) is 0 Å². The van der Waals surface area contributed by atoms with E-state index in [1.54, 1.807) is 80.6 Å². The predicted molar refractivity (Wildman–Crippen MR) is 300 cm³/mol. The molecule has 2 N–H and O–H groups in total. The van der Waals surface area contributed by atoms with Gasteiger partial charge >= 0.3 is 12.5 Å². The lowest BCUT2D eigenvalue weighted by Crippen LogP contribution is -2.41. The molecule has 2 unspecified atom stereocenters. The molecular weight excluding hydrogens is 993 g/mol. The molecule has 7 aromatic rings. The average Bonchev–Trinajstić information content (AvgIpc) is 3.84. The van der Waals surface area contributed by atoms with Crippen molar-refractivity contribution in [3.05, 3.63) is 215 Å². The van der Waals surface area contributed by atoms with Crippen LogP contribution in [0, 0.1) is 30.0 Å². The van der Waals surface area contributed by atoms with Crippen molar-refractivity contribution in [1.29, 1.82) is 0 Å². The van der Waals surface area contributed by atoms with Crippen LogP contribution >= 0.6 is 0 Å². The third-order valence-corrected chi connectivity index (χ3v) is 12.7. The number of carbonyl (C=O) groups is 6. The first-order chi connectivity index (χ1) is 37.6. The number of esters is 1. The highest BCUT2D eigenvalue weighted by Gasteiger charge is 2.41. The lowest BCUT2D eigenvalue weighted by Gasteiger charge is -2.27. The number of methoxy groups -OCH3 is 1. The fourth-order valence-electron chi connectivity index (χ4n) is 9.01. The third-order valence-electron chi connectivity index (χ3n) is 12.7. The molecule has 0 bridgehead atoms. The number of aromatic nitrogens is 1. The molecule has 3 amide bonds. The highest BCUT2D eigenvalue weighted by atomic mass is 19.1. The SMILES string of the molecule is CC(C)C(=O)C(C(=O)Nc1ccccc1)C(C(=O)c1ccc(F)cc1)c1ccccc1.CC(C)c1c(C(=O)Nc2ccccc2)c(-c2ccccc2)c(-c2ccc(F)cc2)n1CCC(=O)N1CCOCC1.[C-]#[N+]CC(=O)OC.[HH]. The monoisotopic (exact) mass is 1060 g/mol. The number of nitrogens with one attached hydrogen (secondary N) is 2. The Morgan fingerprint density at radius 1 is 0.679 bits per heavy atom. The number of amides is 3. The van der Waals surface area contributed by atoms with Crippen molar-refractivity contribution in [3.8, 4) is 22.4 Å². The summed E-state index contributed by atoms with van der Waals surface area (Å²) in [6.45, 7) is 16.1. The molecule has 1 aliphatic heterocycles. The van der Waals surface area contributed by atoms with Gasteiger partial charge in [0.05, 0.1) is 37.5 Å². The Labute approximate surface area is 455 Å². The number of nitrogens with zero attached hydrogens (tertiary/aromatic N) is 3. The Bertz CT molecular complexity index is 3160. The predicted octanol–water partition coefficient (Wildman–Crippen LogP) is 12.2. The van der Waals surface area contributed by atoms with Crippen LogP contribution in [-0.2, 0) is 35.2 Å². The van der Waals surface area contributed by atoms with Crippen LogP contribution in [0.4, 0.5) is 20.2 Å². The van der Waals surface area contributed by atoms with Gasteiger partial charge in [0.15, 0.2) is 5.78 Å². The number of carbonyl (C=O) groups excluding carboxylic acids is 6. The quantitative estimate of drug-likeness (QED) is 0.0395. The van der Waals surface area contributed by atoms with E-state index < -0.39 is 41.2 Å². The Morgan fingerprint density at radius 2 is 1.19 bits per heavy atom. The van der Waals surface area contributed by atoms with Gasteiger partial charge < -0.3 is 34.4 Å². The summed E-state index contributed by atoms with van der Waals surface area (Å²) in [5.74, 6) is -5.52. The van der Waals surface area contributed by atoms with Gasteiger partial charge in [0.25, 0.3) is 5.91 Å². The van der Waals surface area contributed by atoms with Gasteiger partial charge in [0, 0.05) is 61.6 Å². The van der Waals surface area contributed by atoms with E-state index >= 15 is 0 Å². The zero-order valence-electron chi connectivity index (χ0n) is 44.3. The number of para-hydroxylation sites is 2. The Morgan fingerprint density at radius 3 is 1.69 bits per heavy atom. The van der Waals surface area contributed by atoms with Crippen molar-refractivity contribution < 1.29 is 48.4 Å². The standard InChI is InChI=1S/C33H34FN3O3.C26H24FNO3.C4H5NO2.H2/c1-23(2)31-30(33(39)35-27-11-7-4-8-12-27)29(24-9-5-3-6-10-24)32(25-13-15-26(34)16-14-25)37(31)18-17-28(38)36-19-21-40-22-20-36;1-17(2)24(29)23(26(31)28-21-11-7-4-8-12-21)22(18-9-5-3-6-10-18)25(30)19-13-15-20(27)16-14-19;1-5-3-4(6)7-2;/h3-16,23H,17-22H2,1-2H3,(H,35,39);3-17,22-23H,1-2H3,(H,28,31);3H2,2H3;1H. The van der Waals surface area contributed by atoms with Crippen LogP contribution in [-0.4, -0.2) is 84.7 Å². The average molecular weight is 1060 g/mol. The van der Waals surface area contributed by atoms with Crippen LogP contribution in [0.2, 0.25) is 0 Å². The minimum absolute atomic E-state index is 0. The summed E-state index contributed by atoms with van der Waals surface area (Å²) in [5.41, 5.74) is 6.63. The summed E-state index contributed by atoms with van der Waals surface area (Å²) in [6, 6.07) is 48.2. The Balaban J connectivity index is 0.000000263. The fraction of sp³-hybridized carbons (Fsp3) is 0.254. The van der Waals surface area contributed by atoms with Gasteiger partial charge in [-0.05, 0) is 95.4 Å². The van der Waals surface area contributed by atoms with Gasteiger partial charge in [-0.25, -0.2) is 20.1 Å². The molecule has 2 heterocycles. The topological polar surface area (TPSA) is 157 Å². The summed E-state index contributed by atoms with van der Waals surface area (Å²) in [5, 5.41) is 5.85. The second-order valence-corrected chi connectivity index (χ2v) is 18.8. The maximum atomic E-state index is 14.1. The highest BCUT2D eigenvalue weighted by Crippen LogP contribution is 2.43. The summed E-state index contributed by atoms with van der Waals surface area (Å²) in [6.07, 6.45) is 0.274. The number of anilines is 2. The lowest BCUT2D eigenvalue weighted by atomic mass is 9.75. The van der Waals surface area contributed by atoms with Crippen LogP contribution in [0.15, 0.2) is 170 Å². The number of rotatable bonds is 17. The van der Waals surface area contributed by atoms with Crippen LogP contribution in [0.3, 0.4) is 0 Å². The van der Waals surface area contributed by atoms with Crippen molar-refractivity contribution in [2.24, 2.45) is 11.8 Å². The zero-order valence-corrected chi connectivity index (χ0v) is 44.3. The Kier molecular flexibility index (Phi) is 21.6. The molecular formula is C63H65F2N5O8. The number of hydrogen-bond acceptors (Lipinski definition) is 8. The highest BCUT2D eigenvalue weighted by molar-refractivity contribution is 6.15. The van der Waals surface area contributed by atoms with E-state index in [0.717, 1.165) is 28.1 Å². The van der Waals surface area contributed by atoms with Crippen LogP contribution < -0.4 is 10.6 Å². The van der Waals surface area contributed by atoms with E-state index in [2.05, 4.69) is 38.6 Å². The number of halogens is 2. The lowest BCUT2D eigenvalue weighted by molar-refractivity contribution is -0.138. The molecule has 0 aliphatic carbocycles. The fourth-order valence-corrected chi connectivity index (χ4v) is 9.01. The molecule has 8 rings (SSSR count). The molecule has 0 spiro atoms. The number of ketones is 2. The first kappa shape index (κ1) is 58.4. The molecule has 6 aromatic carbocycles. The molecule has 13 nitrogen and oxygen atoms in total. The molecule has 1 saturated heterocycles. The normalized spacial score (nSPS) is 12.6. The van der Waals surface area contributed by atoms with E-state index in [4.69, 9.17) is 11.3 Å². The third kappa shape index (κ3) is 15.6. The molecule has 2 atom stereocenters. The Hall–Kier alpha value is -8.87. The number of benzene rings is 6. The van der Waals surface area contributed by atoms with Crippen molar-refractivity contribution in [2.45, 2.75) is 52.5 Å². The van der Waals surface area contributed by atoms with E-state index in [1.165, 1.54) is 43.5 Å². The minimum atomic E-state index is -1.24. The number of ether oxygens (including phenoxy) is 2. The van der Waals surface area contributed by atoms with Crippen LogP contribution in [0.1, 0.15) is 79.4 Å². The van der Waals surface area contributed by atoms with Gasteiger partial charge in [0.1, 0.15) is 23.3 Å². The molecule has 404 valence electrons. The van der Waals surface area contributed by atoms with Crippen LogP contribution in [0.25, 0.3) is 27.2 Å². The maximum Gasteiger partial charge on any atom is 0.386 e. The maximum absolute atomic E-state index is 14.1. The molecule has 1 aromatic heterocycles. The molecule has 0 radical (unpaired) electrons. The minimum Gasteiger partial charge on any atom is -0.464 e. The number of Topliss-reactive ketones (excluding diaryl/α,β-unsaturated/α-hetero) is 2. The van der Waals surface area contributed by atoms with E-state index in [9.17, 15) is 37.5 Å². The second-order valence-electron chi connectivity index (χ2n) is 18.8. The molecule has 78 heavy (non-hydrogen) atoms. The molecule has 1 aliphatic rings. The zero-order chi connectivity index (χ0) is 56.1. The van der Waals surface area contributed by atoms with E-state index in [1.807, 2.05) is 71.6 Å². The van der Waals surface area contributed by atoms with Crippen molar-refractivity contribution in [3.63, 3.8) is 0 Å². The summed E-state index contributed by atoms with van der Waals surface area (Å²) < 4.78 is 39.1. The van der Waals surface area contributed by atoms with Crippen molar-refractivity contribution in [1.82, 2.24) is 9.47 Å². The van der Waals surface area contributed by atoms with Crippen molar-refractivity contribution >= 4 is 46.6 Å². The largest absolute Gasteiger partial charge is 0.464 e. The summed E-state index contributed by atoms with van der Waals surface area (Å²) in [7, 11) is 1.26. The number of morpholine rings is 1. The molecule has 0 saturated carbocycles. The van der Waals surface area contributed by atoms with Gasteiger partial charge in [-0.3, -0.25) is 24.0 Å². The second kappa shape index (κ2) is 28.9. The van der Waals surface area contributed by atoms with Gasteiger partial charge in [-0.15, -0.1) is 0 Å². The smallest absolute Gasteiger partial charge is 0.386 e. The molecule has 15 heteroatoms. The summed E-state index contributed by atoms with van der Waals surface area (Å²) >= 11 is 0. The first-order valence-electron chi connectivity index (χ1n) is 25.6. The first-order valence-corrected chi connectivity index (χ1v) is 25.6.